The first-order valence-electron chi connectivity index (χ1n) is 4.06. The minimum atomic E-state index is -0.289. The van der Waals surface area contributed by atoms with E-state index in [2.05, 4.69) is 20.6 Å². The van der Waals surface area contributed by atoms with E-state index in [-0.39, 0.29) is 6.03 Å². The van der Waals surface area contributed by atoms with Gasteiger partial charge < -0.3 is 5.32 Å². The normalized spacial score (nSPS) is 9.38. The molecule has 1 heterocycles. The number of nitrogens with zero attached hydrogens (tertiary/aromatic N) is 2. The number of rotatable bonds is 2. The van der Waals surface area contributed by atoms with Gasteiger partial charge in [-0.05, 0) is 6.42 Å². The van der Waals surface area contributed by atoms with Crippen molar-refractivity contribution in [1.82, 2.24) is 15.3 Å². The number of carbonyl (C=O) groups is 1. The van der Waals surface area contributed by atoms with Crippen molar-refractivity contribution in [3.05, 3.63) is 18.1 Å². The van der Waals surface area contributed by atoms with Crippen LogP contribution >= 0.6 is 0 Å². The van der Waals surface area contributed by atoms with E-state index >= 15 is 0 Å². The summed E-state index contributed by atoms with van der Waals surface area (Å²) in [6.45, 7) is 1.98. The van der Waals surface area contributed by atoms with Crippen LogP contribution in [-0.2, 0) is 6.42 Å². The maximum absolute atomic E-state index is 10.9. The molecular formula is C8H12N4O. The number of carbonyl (C=O) groups excluding carboxylic acids is 1. The van der Waals surface area contributed by atoms with E-state index in [9.17, 15) is 4.79 Å². The van der Waals surface area contributed by atoms with Gasteiger partial charge in [0.25, 0.3) is 0 Å². The first-order chi connectivity index (χ1) is 6.26. The molecule has 5 nitrogen and oxygen atoms in total. The Bertz CT molecular complexity index is 300. The number of nitrogens with one attached hydrogen (secondary N) is 2. The Balaban J connectivity index is 2.71. The third-order valence-electron chi connectivity index (χ3n) is 1.52. The summed E-state index contributed by atoms with van der Waals surface area (Å²) < 4.78 is 0. The van der Waals surface area contributed by atoms with Crippen LogP contribution in [0.5, 0.6) is 0 Å². The van der Waals surface area contributed by atoms with Crippen LogP contribution in [0.25, 0.3) is 0 Å². The molecule has 0 aliphatic rings. The lowest BCUT2D eigenvalue weighted by molar-refractivity contribution is 0.254. The molecule has 5 heteroatoms. The number of urea groups is 1. The van der Waals surface area contributed by atoms with Crippen molar-refractivity contribution in [2.45, 2.75) is 13.3 Å². The molecule has 0 aromatic carbocycles. The highest BCUT2D eigenvalue weighted by Crippen LogP contribution is 2.01. The first kappa shape index (κ1) is 9.44. The Hall–Kier alpha value is -1.65. The van der Waals surface area contributed by atoms with Crippen LogP contribution in [0.4, 0.5) is 10.6 Å². The molecule has 1 aromatic rings. The van der Waals surface area contributed by atoms with Gasteiger partial charge in [-0.25, -0.2) is 9.78 Å². The Kier molecular flexibility index (Phi) is 3.19. The average Bonchev–Trinajstić information content (AvgIpc) is 2.18. The fraction of sp³-hybridized carbons (Fsp3) is 0.375. The summed E-state index contributed by atoms with van der Waals surface area (Å²) in [5.74, 6) is 0.471. The highest BCUT2D eigenvalue weighted by Gasteiger charge is 2.00. The maximum atomic E-state index is 10.9. The van der Waals surface area contributed by atoms with Gasteiger partial charge in [0.05, 0.1) is 11.9 Å². The van der Waals surface area contributed by atoms with Gasteiger partial charge in [-0.2, -0.15) is 0 Å². The molecule has 2 N–H and O–H groups in total. The number of hydrogen-bond acceptors (Lipinski definition) is 3. The monoisotopic (exact) mass is 180 g/mol. The van der Waals surface area contributed by atoms with Crippen molar-refractivity contribution in [2.75, 3.05) is 12.4 Å². The summed E-state index contributed by atoms with van der Waals surface area (Å²) in [4.78, 5) is 19.0. The van der Waals surface area contributed by atoms with Crippen LogP contribution in [0.1, 0.15) is 12.6 Å². The van der Waals surface area contributed by atoms with E-state index in [0.29, 0.717) is 5.82 Å². The quantitative estimate of drug-likeness (QED) is 0.707. The maximum Gasteiger partial charge on any atom is 0.320 e. The molecule has 1 rings (SSSR count). The summed E-state index contributed by atoms with van der Waals surface area (Å²) in [7, 11) is 1.55. The van der Waals surface area contributed by atoms with E-state index in [1.54, 1.807) is 13.2 Å². The summed E-state index contributed by atoms with van der Waals surface area (Å²) >= 11 is 0. The fourth-order valence-corrected chi connectivity index (χ4v) is 0.816. The van der Waals surface area contributed by atoms with Gasteiger partial charge in [0.1, 0.15) is 0 Å². The minimum absolute atomic E-state index is 0.289. The van der Waals surface area contributed by atoms with Gasteiger partial charge in [0, 0.05) is 13.2 Å². The fourth-order valence-electron chi connectivity index (χ4n) is 0.816. The van der Waals surface area contributed by atoms with Crippen molar-refractivity contribution in [2.24, 2.45) is 0 Å². The van der Waals surface area contributed by atoms with Gasteiger partial charge in [-0.15, -0.1) is 0 Å². The zero-order valence-electron chi connectivity index (χ0n) is 7.66. The topological polar surface area (TPSA) is 66.9 Å². The van der Waals surface area contributed by atoms with Crippen molar-refractivity contribution >= 4 is 11.8 Å². The van der Waals surface area contributed by atoms with Crippen LogP contribution in [-0.4, -0.2) is 23.0 Å². The Labute approximate surface area is 76.6 Å². The second-order valence-corrected chi connectivity index (χ2v) is 2.45. The van der Waals surface area contributed by atoms with Crippen molar-refractivity contribution < 1.29 is 4.79 Å². The first-order valence-corrected chi connectivity index (χ1v) is 4.06. The predicted molar refractivity (Wildman–Crippen MR) is 49.5 cm³/mol. The molecule has 2 amide bonds. The molecule has 0 saturated heterocycles. The molecule has 0 spiro atoms. The van der Waals surface area contributed by atoms with Crippen LogP contribution in [0.15, 0.2) is 12.4 Å². The molecule has 0 atom stereocenters. The number of aromatic nitrogens is 2. The Morgan fingerprint density at radius 2 is 2.31 bits per heavy atom. The van der Waals surface area contributed by atoms with Gasteiger partial charge in [0.2, 0.25) is 0 Å². The van der Waals surface area contributed by atoms with Gasteiger partial charge in [0.15, 0.2) is 5.82 Å². The van der Waals surface area contributed by atoms with Gasteiger partial charge in [-0.3, -0.25) is 10.3 Å². The van der Waals surface area contributed by atoms with E-state index in [1.807, 2.05) is 6.92 Å². The van der Waals surface area contributed by atoms with Crippen LogP contribution < -0.4 is 10.6 Å². The van der Waals surface area contributed by atoms with Gasteiger partial charge in [-0.1, -0.05) is 6.92 Å². The molecule has 0 unspecified atom stereocenters. The van der Waals surface area contributed by atoms with Crippen LogP contribution in [0, 0.1) is 0 Å². The number of amides is 2. The van der Waals surface area contributed by atoms with Gasteiger partial charge >= 0.3 is 6.03 Å². The second-order valence-electron chi connectivity index (χ2n) is 2.45. The lowest BCUT2D eigenvalue weighted by Gasteiger charge is -2.03. The summed E-state index contributed by atoms with van der Waals surface area (Å²) in [5, 5.41) is 4.98. The lowest BCUT2D eigenvalue weighted by Crippen LogP contribution is -2.25. The highest BCUT2D eigenvalue weighted by atomic mass is 16.2. The van der Waals surface area contributed by atoms with Crippen LogP contribution in [0.2, 0.25) is 0 Å². The number of aryl methyl sites for hydroxylation is 1. The third-order valence-corrected chi connectivity index (χ3v) is 1.52. The van der Waals surface area contributed by atoms with Crippen molar-refractivity contribution in [1.29, 1.82) is 0 Å². The molecule has 0 saturated carbocycles. The third kappa shape index (κ3) is 2.70. The molecule has 1 aromatic heterocycles. The molecule has 0 aliphatic carbocycles. The van der Waals surface area contributed by atoms with E-state index < -0.39 is 0 Å². The number of hydrogen-bond donors (Lipinski definition) is 2. The predicted octanol–water partition coefficient (Wildman–Crippen LogP) is 0.790. The second kappa shape index (κ2) is 4.39. The zero-order chi connectivity index (χ0) is 9.68. The molecule has 0 bridgehead atoms. The largest absolute Gasteiger partial charge is 0.341 e. The SMILES string of the molecule is CCc1cncc(NC(=O)NC)n1. The number of anilines is 1. The molecule has 0 fully saturated rings. The standard InChI is InChI=1S/C8H12N4O/c1-3-6-4-10-5-7(11-6)12-8(13)9-2/h4-5H,3H2,1-2H3,(H2,9,11,12,13). The van der Waals surface area contributed by atoms with Crippen molar-refractivity contribution in [3.8, 4) is 0 Å². The van der Waals surface area contributed by atoms with Crippen LogP contribution in [0.3, 0.4) is 0 Å². The lowest BCUT2D eigenvalue weighted by atomic mass is 10.3. The molecule has 0 radical (unpaired) electrons. The zero-order valence-corrected chi connectivity index (χ0v) is 7.66. The Morgan fingerprint density at radius 1 is 1.54 bits per heavy atom. The van der Waals surface area contributed by atoms with E-state index in [1.165, 1.54) is 6.20 Å². The molecular weight excluding hydrogens is 168 g/mol. The summed E-state index contributed by atoms with van der Waals surface area (Å²) in [6.07, 6.45) is 3.99. The van der Waals surface area contributed by atoms with E-state index in [4.69, 9.17) is 0 Å². The van der Waals surface area contributed by atoms with E-state index in [0.717, 1.165) is 12.1 Å². The minimum Gasteiger partial charge on any atom is -0.341 e. The summed E-state index contributed by atoms with van der Waals surface area (Å²) in [5.41, 5.74) is 0.855. The highest BCUT2D eigenvalue weighted by molar-refractivity contribution is 5.87. The molecule has 70 valence electrons. The smallest absolute Gasteiger partial charge is 0.320 e. The molecule has 0 aliphatic heterocycles. The average molecular weight is 180 g/mol. The van der Waals surface area contributed by atoms with Crippen molar-refractivity contribution in [3.63, 3.8) is 0 Å². The Morgan fingerprint density at radius 3 is 2.92 bits per heavy atom. The molecule has 13 heavy (non-hydrogen) atoms. The summed E-state index contributed by atoms with van der Waals surface area (Å²) in [6, 6.07) is -0.289.